The molecule has 2 aromatic rings. The summed E-state index contributed by atoms with van der Waals surface area (Å²) in [7, 11) is 0. The molecule has 124 valence electrons. The Morgan fingerprint density at radius 2 is 1.71 bits per heavy atom. The van der Waals surface area contributed by atoms with E-state index in [1.165, 1.54) is 50.9 Å². The molecule has 0 fully saturated rings. The van der Waals surface area contributed by atoms with Crippen molar-refractivity contribution in [3.05, 3.63) is 81.9 Å². The van der Waals surface area contributed by atoms with Gasteiger partial charge in [-0.25, -0.2) is 0 Å². The first-order valence-corrected chi connectivity index (χ1v) is 9.30. The van der Waals surface area contributed by atoms with Crippen LogP contribution in [0, 0.1) is 0 Å². The fraction of sp³-hybridized carbons (Fsp3) is 0.333. The van der Waals surface area contributed by atoms with Gasteiger partial charge in [0.15, 0.2) is 0 Å². The molecule has 0 nitrogen and oxygen atoms in total. The molecule has 1 aliphatic carbocycles. The van der Waals surface area contributed by atoms with Crippen LogP contribution in [0.2, 0.25) is 0 Å². The fourth-order valence-corrected chi connectivity index (χ4v) is 3.67. The van der Waals surface area contributed by atoms with E-state index in [2.05, 4.69) is 69.8 Å². The van der Waals surface area contributed by atoms with Gasteiger partial charge in [0.05, 0.1) is 0 Å². The minimum atomic E-state index is 0.970. The number of hydrogen-bond donors (Lipinski definition) is 0. The lowest BCUT2D eigenvalue weighted by molar-refractivity contribution is 0.918. The van der Waals surface area contributed by atoms with E-state index in [-0.39, 0.29) is 0 Å². The van der Waals surface area contributed by atoms with E-state index in [0.717, 1.165) is 25.7 Å². The first-order chi connectivity index (χ1) is 11.7. The molecule has 0 bridgehead atoms. The predicted molar refractivity (Wildman–Crippen MR) is 106 cm³/mol. The summed E-state index contributed by atoms with van der Waals surface area (Å²) in [4.78, 5) is 0. The van der Waals surface area contributed by atoms with Crippen LogP contribution in [-0.4, -0.2) is 0 Å². The summed E-state index contributed by atoms with van der Waals surface area (Å²) in [6, 6.07) is 13.9. The number of hydrogen-bond acceptors (Lipinski definition) is 0. The van der Waals surface area contributed by atoms with Gasteiger partial charge in [-0.15, -0.1) is 0 Å². The summed E-state index contributed by atoms with van der Waals surface area (Å²) >= 11 is 0. The van der Waals surface area contributed by atoms with Crippen molar-refractivity contribution in [2.24, 2.45) is 0 Å². The molecule has 0 saturated heterocycles. The molecule has 0 atom stereocenters. The van der Waals surface area contributed by atoms with Gasteiger partial charge in [-0.1, -0.05) is 70.2 Å². The highest BCUT2D eigenvalue weighted by atomic mass is 14.2. The zero-order valence-electron chi connectivity index (χ0n) is 15.3. The zero-order chi connectivity index (χ0) is 17.1. The lowest BCUT2D eigenvalue weighted by Crippen LogP contribution is -2.05. The predicted octanol–water partition coefficient (Wildman–Crippen LogP) is 6.42. The first-order valence-electron chi connectivity index (χ1n) is 9.30. The summed E-state index contributed by atoms with van der Waals surface area (Å²) in [5.74, 6) is 0. The molecule has 2 aromatic carbocycles. The van der Waals surface area contributed by atoms with Gasteiger partial charge in [-0.05, 0) is 76.3 Å². The monoisotopic (exact) mass is 316 g/mol. The summed E-state index contributed by atoms with van der Waals surface area (Å²) in [6.45, 7) is 11.1. The number of benzene rings is 2. The number of rotatable bonds is 5. The van der Waals surface area contributed by atoms with Crippen LogP contribution in [0.15, 0.2) is 48.6 Å². The van der Waals surface area contributed by atoms with Crippen LogP contribution < -0.4 is 0 Å². The van der Waals surface area contributed by atoms with Crippen LogP contribution in [0.25, 0.3) is 11.6 Å². The smallest absolute Gasteiger partial charge is 0.00194 e. The van der Waals surface area contributed by atoms with Crippen molar-refractivity contribution in [1.82, 2.24) is 0 Å². The summed E-state index contributed by atoms with van der Waals surface area (Å²) in [5, 5.41) is 0. The van der Waals surface area contributed by atoms with Crippen LogP contribution in [0.5, 0.6) is 0 Å². The molecular weight excluding hydrogens is 288 g/mol. The first kappa shape index (κ1) is 16.8. The molecule has 0 N–H and O–H groups in total. The second kappa shape index (κ2) is 7.21. The van der Waals surface area contributed by atoms with E-state index in [0.29, 0.717) is 0 Å². The van der Waals surface area contributed by atoms with Crippen molar-refractivity contribution in [2.45, 2.75) is 52.9 Å². The Bertz CT molecular complexity index is 790. The minimum Gasteiger partial charge on any atom is -0.0949 e. The van der Waals surface area contributed by atoms with E-state index < -0.39 is 0 Å². The van der Waals surface area contributed by atoms with Crippen LogP contribution in [0.4, 0.5) is 0 Å². The Morgan fingerprint density at radius 1 is 0.917 bits per heavy atom. The Hall–Kier alpha value is -2.08. The van der Waals surface area contributed by atoms with E-state index in [9.17, 15) is 0 Å². The fourth-order valence-electron chi connectivity index (χ4n) is 3.67. The molecule has 0 spiro atoms. The van der Waals surface area contributed by atoms with Crippen molar-refractivity contribution in [1.29, 1.82) is 0 Å². The number of allylic oxidation sites excluding steroid dienone is 2. The van der Waals surface area contributed by atoms with Crippen molar-refractivity contribution < 1.29 is 0 Å². The molecular formula is C24H28. The van der Waals surface area contributed by atoms with E-state index in [1.807, 2.05) is 0 Å². The standard InChI is InChI=1S/C24H28/c1-5-8-19-9-11-21-16-24(17(4)13-22(21)15-19)23-12-10-18(6-2)14-20(23)7-3/h9-12,14-16H,4-8,13H2,1-3H3. The molecule has 24 heavy (non-hydrogen) atoms. The van der Waals surface area contributed by atoms with Gasteiger partial charge in [0.25, 0.3) is 0 Å². The molecule has 0 heterocycles. The van der Waals surface area contributed by atoms with Gasteiger partial charge < -0.3 is 0 Å². The Kier molecular flexibility index (Phi) is 5.04. The Balaban J connectivity index is 2.04. The van der Waals surface area contributed by atoms with Crippen LogP contribution in [0.3, 0.4) is 0 Å². The number of fused-ring (bicyclic) bond motifs is 1. The third kappa shape index (κ3) is 3.24. The molecule has 0 aliphatic heterocycles. The SMILES string of the molecule is C=C1Cc2cc(CCC)ccc2C=C1c1ccc(CC)cc1CC. The van der Waals surface area contributed by atoms with Crippen LogP contribution in [-0.2, 0) is 25.7 Å². The maximum atomic E-state index is 4.40. The molecule has 0 unspecified atom stereocenters. The highest BCUT2D eigenvalue weighted by molar-refractivity contribution is 5.94. The Morgan fingerprint density at radius 3 is 2.42 bits per heavy atom. The molecule has 0 heteroatoms. The molecule has 0 radical (unpaired) electrons. The quantitative estimate of drug-likeness (QED) is 0.597. The van der Waals surface area contributed by atoms with Crippen LogP contribution >= 0.6 is 0 Å². The van der Waals surface area contributed by atoms with Crippen molar-refractivity contribution >= 4 is 11.6 Å². The summed E-state index contributed by atoms with van der Waals surface area (Å²) in [5.41, 5.74) is 11.0. The lowest BCUT2D eigenvalue weighted by Gasteiger charge is -2.22. The van der Waals surface area contributed by atoms with Gasteiger partial charge >= 0.3 is 0 Å². The van der Waals surface area contributed by atoms with Gasteiger partial charge in [0, 0.05) is 0 Å². The topological polar surface area (TPSA) is 0 Å². The summed E-state index contributed by atoms with van der Waals surface area (Å²) < 4.78 is 0. The van der Waals surface area contributed by atoms with Crippen LogP contribution in [0.1, 0.15) is 60.6 Å². The van der Waals surface area contributed by atoms with E-state index in [4.69, 9.17) is 0 Å². The van der Waals surface area contributed by atoms with Gasteiger partial charge in [-0.2, -0.15) is 0 Å². The van der Waals surface area contributed by atoms with Crippen molar-refractivity contribution in [3.8, 4) is 0 Å². The largest absolute Gasteiger partial charge is 0.0949 e. The normalized spacial score (nSPS) is 13.6. The second-order valence-corrected chi connectivity index (χ2v) is 6.82. The zero-order valence-corrected chi connectivity index (χ0v) is 15.3. The molecule has 3 rings (SSSR count). The maximum Gasteiger partial charge on any atom is -0.00194 e. The molecule has 1 aliphatic rings. The molecule has 0 amide bonds. The van der Waals surface area contributed by atoms with E-state index in [1.54, 1.807) is 0 Å². The third-order valence-electron chi connectivity index (χ3n) is 5.08. The minimum absolute atomic E-state index is 0.970. The van der Waals surface area contributed by atoms with Gasteiger partial charge in [0.2, 0.25) is 0 Å². The highest BCUT2D eigenvalue weighted by Crippen LogP contribution is 2.36. The van der Waals surface area contributed by atoms with Gasteiger partial charge in [-0.3, -0.25) is 0 Å². The van der Waals surface area contributed by atoms with Crippen molar-refractivity contribution in [3.63, 3.8) is 0 Å². The number of aryl methyl sites for hydroxylation is 3. The van der Waals surface area contributed by atoms with E-state index >= 15 is 0 Å². The lowest BCUT2D eigenvalue weighted by atomic mass is 9.82. The second-order valence-electron chi connectivity index (χ2n) is 6.82. The van der Waals surface area contributed by atoms with Crippen molar-refractivity contribution in [2.75, 3.05) is 0 Å². The molecule has 0 saturated carbocycles. The molecule has 0 aromatic heterocycles. The average Bonchev–Trinajstić information content (AvgIpc) is 2.61. The average molecular weight is 316 g/mol. The summed E-state index contributed by atoms with van der Waals surface area (Å²) in [6.07, 6.45) is 7.83. The maximum absolute atomic E-state index is 4.40. The Labute approximate surface area is 146 Å². The highest BCUT2D eigenvalue weighted by Gasteiger charge is 2.17. The third-order valence-corrected chi connectivity index (χ3v) is 5.08. The van der Waals surface area contributed by atoms with Gasteiger partial charge in [0.1, 0.15) is 0 Å².